The van der Waals surface area contributed by atoms with Gasteiger partial charge in [-0.25, -0.2) is 0 Å². The molecule has 3 aromatic carbocycles. The van der Waals surface area contributed by atoms with Crippen molar-refractivity contribution in [3.05, 3.63) is 108 Å². The number of carbonyl (C=O) groups excluding carboxylic acids is 1. The molecule has 0 aliphatic rings. The number of nitrogens with one attached hydrogen (secondary N) is 1. The minimum atomic E-state index is -0.589. The summed E-state index contributed by atoms with van der Waals surface area (Å²) in [4.78, 5) is 11.7. The number of aldehydes is 1. The molecule has 27 heavy (non-hydrogen) atoms. The van der Waals surface area contributed by atoms with Crippen molar-refractivity contribution >= 4 is 18.0 Å². The second-order valence-electron chi connectivity index (χ2n) is 6.85. The van der Waals surface area contributed by atoms with Crippen LogP contribution in [0.15, 0.2) is 91.0 Å². The van der Waals surface area contributed by atoms with Crippen LogP contribution in [0.25, 0.3) is 0 Å². The summed E-state index contributed by atoms with van der Waals surface area (Å²) >= 11 is 1.79. The fourth-order valence-electron chi connectivity index (χ4n) is 3.19. The Morgan fingerprint density at radius 1 is 0.778 bits per heavy atom. The van der Waals surface area contributed by atoms with Crippen molar-refractivity contribution in [3.63, 3.8) is 0 Å². The van der Waals surface area contributed by atoms with Crippen molar-refractivity contribution in [2.45, 2.75) is 17.2 Å². The summed E-state index contributed by atoms with van der Waals surface area (Å²) in [5.74, 6) is 0.645. The van der Waals surface area contributed by atoms with E-state index < -0.39 is 10.3 Å². The lowest BCUT2D eigenvalue weighted by Gasteiger charge is -2.37. The molecule has 0 amide bonds. The molecular weight excluding hydrogens is 350 g/mol. The molecule has 0 aliphatic heterocycles. The Balaban J connectivity index is 2.21. The zero-order valence-electron chi connectivity index (χ0n) is 15.8. The number of hydrogen-bond acceptors (Lipinski definition) is 3. The Kier molecular flexibility index (Phi) is 6.15. The predicted molar refractivity (Wildman–Crippen MR) is 115 cm³/mol. The van der Waals surface area contributed by atoms with E-state index in [2.05, 4.69) is 78.1 Å². The maximum absolute atomic E-state index is 11.7. The van der Waals surface area contributed by atoms with E-state index in [0.717, 1.165) is 6.29 Å². The Morgan fingerprint density at radius 2 is 1.15 bits per heavy atom. The Labute approximate surface area is 166 Å². The van der Waals surface area contributed by atoms with Crippen LogP contribution in [0.3, 0.4) is 0 Å². The van der Waals surface area contributed by atoms with E-state index in [1.165, 1.54) is 16.7 Å². The van der Waals surface area contributed by atoms with Crippen molar-refractivity contribution in [2.24, 2.45) is 0 Å². The van der Waals surface area contributed by atoms with E-state index in [4.69, 9.17) is 0 Å². The van der Waals surface area contributed by atoms with Gasteiger partial charge in [0.1, 0.15) is 6.29 Å². The fourth-order valence-corrected chi connectivity index (χ4v) is 4.83. The second kappa shape index (κ2) is 8.55. The Morgan fingerprint density at radius 3 is 1.44 bits per heavy atom. The minimum Gasteiger partial charge on any atom is -0.308 e. The SMILES string of the molecule is CN[C@@](C)(C=O)CSC(c1ccccc1)(c1ccccc1)c1ccccc1. The standard InChI is InChI=1S/C24H25NOS/c1-23(18-26,25-2)19-27-24(20-12-6-3-7-13-20,21-14-8-4-9-15-21)22-16-10-5-11-17-22/h3-18,25H,19H2,1-2H3/t23-/m0/s1. The number of carbonyl (C=O) groups is 1. The third-order valence-electron chi connectivity index (χ3n) is 4.96. The largest absolute Gasteiger partial charge is 0.308 e. The van der Waals surface area contributed by atoms with Gasteiger partial charge in [-0.1, -0.05) is 91.0 Å². The average molecular weight is 376 g/mol. The quantitative estimate of drug-likeness (QED) is 0.449. The van der Waals surface area contributed by atoms with Gasteiger partial charge < -0.3 is 10.1 Å². The van der Waals surface area contributed by atoms with Crippen molar-refractivity contribution < 1.29 is 4.79 Å². The first kappa shape index (κ1) is 19.4. The van der Waals surface area contributed by atoms with E-state index in [0.29, 0.717) is 5.75 Å². The van der Waals surface area contributed by atoms with Gasteiger partial charge in [-0.05, 0) is 30.7 Å². The van der Waals surface area contributed by atoms with Gasteiger partial charge >= 0.3 is 0 Å². The van der Waals surface area contributed by atoms with E-state index in [1.54, 1.807) is 11.8 Å². The molecule has 3 heteroatoms. The van der Waals surface area contributed by atoms with Crippen LogP contribution >= 0.6 is 11.8 Å². The number of likely N-dealkylation sites (N-methyl/N-ethyl adjacent to an activating group) is 1. The minimum absolute atomic E-state index is 0.398. The predicted octanol–water partition coefficient (Wildman–Crippen LogP) is 4.89. The van der Waals surface area contributed by atoms with Crippen LogP contribution in [0.1, 0.15) is 23.6 Å². The lowest BCUT2D eigenvalue weighted by Crippen LogP contribution is -2.45. The molecule has 0 saturated heterocycles. The molecule has 3 aromatic rings. The van der Waals surface area contributed by atoms with Crippen LogP contribution in [-0.4, -0.2) is 24.6 Å². The third-order valence-corrected chi connectivity index (χ3v) is 6.84. The van der Waals surface area contributed by atoms with E-state index in [1.807, 2.05) is 32.2 Å². The topological polar surface area (TPSA) is 29.1 Å². The van der Waals surface area contributed by atoms with Gasteiger partial charge in [-0.2, -0.15) is 0 Å². The van der Waals surface area contributed by atoms with Crippen LogP contribution in [0.2, 0.25) is 0 Å². The van der Waals surface area contributed by atoms with Crippen molar-refractivity contribution in [2.75, 3.05) is 12.8 Å². The molecule has 0 aromatic heterocycles. The molecular formula is C24H25NOS. The fraction of sp³-hybridized carbons (Fsp3) is 0.208. The van der Waals surface area contributed by atoms with Gasteiger partial charge in [0, 0.05) is 5.75 Å². The monoisotopic (exact) mass is 375 g/mol. The number of benzene rings is 3. The van der Waals surface area contributed by atoms with Gasteiger partial charge in [0.2, 0.25) is 0 Å². The van der Waals surface area contributed by atoms with Gasteiger partial charge in [-0.3, -0.25) is 0 Å². The van der Waals surface area contributed by atoms with Crippen molar-refractivity contribution in [3.8, 4) is 0 Å². The number of thioether (sulfide) groups is 1. The van der Waals surface area contributed by atoms with Crippen LogP contribution in [0, 0.1) is 0 Å². The molecule has 0 spiro atoms. The molecule has 2 nitrogen and oxygen atoms in total. The van der Waals surface area contributed by atoms with Gasteiger partial charge in [-0.15, -0.1) is 11.8 Å². The molecule has 3 rings (SSSR count). The molecule has 0 unspecified atom stereocenters. The first-order valence-electron chi connectivity index (χ1n) is 9.10. The third kappa shape index (κ3) is 4.00. The maximum Gasteiger partial charge on any atom is 0.140 e. The molecule has 1 N–H and O–H groups in total. The molecule has 1 atom stereocenters. The first-order chi connectivity index (χ1) is 13.1. The number of rotatable bonds is 8. The smallest absolute Gasteiger partial charge is 0.140 e. The van der Waals surface area contributed by atoms with Crippen LogP contribution < -0.4 is 5.32 Å². The highest BCUT2D eigenvalue weighted by Crippen LogP contribution is 2.49. The highest BCUT2D eigenvalue weighted by Gasteiger charge is 2.39. The second-order valence-corrected chi connectivity index (χ2v) is 8.04. The highest BCUT2D eigenvalue weighted by atomic mass is 32.2. The van der Waals surface area contributed by atoms with Gasteiger partial charge in [0.15, 0.2) is 0 Å². The van der Waals surface area contributed by atoms with E-state index >= 15 is 0 Å². The number of hydrogen-bond donors (Lipinski definition) is 1. The average Bonchev–Trinajstić information content (AvgIpc) is 2.76. The summed E-state index contributed by atoms with van der Waals surface area (Å²) in [6.07, 6.45) is 1.01. The molecule has 0 aliphatic carbocycles. The molecule has 0 bridgehead atoms. The van der Waals surface area contributed by atoms with Gasteiger partial charge in [0.25, 0.3) is 0 Å². The summed E-state index contributed by atoms with van der Waals surface area (Å²) in [7, 11) is 1.84. The lowest BCUT2D eigenvalue weighted by molar-refractivity contribution is -0.111. The van der Waals surface area contributed by atoms with E-state index in [-0.39, 0.29) is 0 Å². The van der Waals surface area contributed by atoms with Crippen LogP contribution in [0.5, 0.6) is 0 Å². The normalized spacial score (nSPS) is 13.7. The first-order valence-corrected chi connectivity index (χ1v) is 10.1. The maximum atomic E-state index is 11.7. The lowest BCUT2D eigenvalue weighted by atomic mass is 9.84. The molecule has 0 heterocycles. The highest BCUT2D eigenvalue weighted by molar-refractivity contribution is 8.00. The molecule has 0 radical (unpaired) electrons. The zero-order chi connectivity index (χ0) is 19.2. The van der Waals surface area contributed by atoms with Crippen LogP contribution in [0.4, 0.5) is 0 Å². The summed E-state index contributed by atoms with van der Waals surface area (Å²) in [6.45, 7) is 1.94. The summed E-state index contributed by atoms with van der Waals surface area (Å²) in [5.41, 5.74) is 3.03. The summed E-state index contributed by atoms with van der Waals surface area (Å²) < 4.78 is -0.398. The molecule has 0 saturated carbocycles. The summed E-state index contributed by atoms with van der Waals surface area (Å²) in [5, 5.41) is 3.17. The van der Waals surface area contributed by atoms with Crippen LogP contribution in [-0.2, 0) is 9.54 Å². The molecule has 0 fully saturated rings. The summed E-state index contributed by atoms with van der Waals surface area (Å²) in [6, 6.07) is 31.6. The zero-order valence-corrected chi connectivity index (χ0v) is 16.6. The van der Waals surface area contributed by atoms with Crippen molar-refractivity contribution in [1.29, 1.82) is 0 Å². The Hall–Kier alpha value is -2.36. The van der Waals surface area contributed by atoms with E-state index in [9.17, 15) is 4.79 Å². The Bertz CT molecular complexity index is 755. The molecule has 138 valence electrons. The van der Waals surface area contributed by atoms with Gasteiger partial charge in [0.05, 0.1) is 10.3 Å². The van der Waals surface area contributed by atoms with Crippen molar-refractivity contribution in [1.82, 2.24) is 5.32 Å².